The number of allylic oxidation sites excluding steroid dienone is 3. The lowest BCUT2D eigenvalue weighted by Gasteiger charge is -2.39. The van der Waals surface area contributed by atoms with E-state index in [0.717, 1.165) is 33.8 Å². The highest BCUT2D eigenvalue weighted by Gasteiger charge is 2.41. The average molecular weight is 420 g/mol. The molecule has 0 unspecified atom stereocenters. The Balaban J connectivity index is 1.96. The van der Waals surface area contributed by atoms with Crippen LogP contribution in [0.2, 0.25) is 0 Å². The summed E-state index contributed by atoms with van der Waals surface area (Å²) < 4.78 is 0. The second kappa shape index (κ2) is 7.43. The summed E-state index contributed by atoms with van der Waals surface area (Å²) in [5.74, 6) is -0.428. The van der Waals surface area contributed by atoms with Crippen molar-refractivity contribution in [2.75, 3.05) is 4.90 Å². The molecule has 1 aliphatic heterocycles. The number of ketones is 1. The third-order valence-electron chi connectivity index (χ3n) is 5.46. The molecule has 0 fully saturated rings. The summed E-state index contributed by atoms with van der Waals surface area (Å²) in [6.45, 7) is 3.97. The van der Waals surface area contributed by atoms with E-state index in [2.05, 4.69) is 6.07 Å². The van der Waals surface area contributed by atoms with E-state index in [0.29, 0.717) is 29.7 Å². The summed E-state index contributed by atoms with van der Waals surface area (Å²) in [6, 6.07) is 11.2. The van der Waals surface area contributed by atoms with Crippen LogP contribution in [-0.2, 0) is 4.79 Å². The fourth-order valence-electron chi connectivity index (χ4n) is 4.34. The van der Waals surface area contributed by atoms with Crippen LogP contribution in [0.4, 0.5) is 10.7 Å². The number of Topliss-reactive ketones (excluding diaryl/α,β-unsaturated/α-hetero) is 1. The minimum Gasteiger partial charge on any atom is -0.384 e. The summed E-state index contributed by atoms with van der Waals surface area (Å²) in [5, 5.41) is 21.1. The third-order valence-corrected chi connectivity index (χ3v) is 6.56. The maximum absolute atomic E-state index is 13.0. The van der Waals surface area contributed by atoms with E-state index in [-0.39, 0.29) is 22.2 Å². The first-order valence-corrected chi connectivity index (χ1v) is 10.4. The summed E-state index contributed by atoms with van der Waals surface area (Å²) in [7, 11) is 0. The first-order chi connectivity index (χ1) is 14.3. The Labute approximate surface area is 177 Å². The number of hydrogen-bond donors (Lipinski definition) is 1. The van der Waals surface area contributed by atoms with E-state index >= 15 is 0 Å². The molecule has 1 atom stereocenters. The Kier molecular flexibility index (Phi) is 4.92. The lowest BCUT2D eigenvalue weighted by molar-refractivity contribution is -0.380. The number of carbonyl (C=O) groups excluding carboxylic acids is 1. The van der Waals surface area contributed by atoms with Gasteiger partial charge in [-0.05, 0) is 56.0 Å². The lowest BCUT2D eigenvalue weighted by atomic mass is 9.78. The second-order valence-corrected chi connectivity index (χ2v) is 8.69. The number of rotatable bonds is 3. The quantitative estimate of drug-likeness (QED) is 0.574. The summed E-state index contributed by atoms with van der Waals surface area (Å²) in [5.41, 5.74) is 11.0. The minimum atomic E-state index is -0.668. The molecule has 0 saturated carbocycles. The molecule has 2 aliphatic rings. The Morgan fingerprint density at radius 2 is 1.93 bits per heavy atom. The summed E-state index contributed by atoms with van der Waals surface area (Å²) in [6.07, 6.45) is 1.74. The number of carbonyl (C=O) groups is 1. The molecule has 1 aromatic carbocycles. The first kappa shape index (κ1) is 19.9. The van der Waals surface area contributed by atoms with Crippen LogP contribution >= 0.6 is 11.3 Å². The predicted molar refractivity (Wildman–Crippen MR) is 115 cm³/mol. The number of anilines is 1. The van der Waals surface area contributed by atoms with Gasteiger partial charge >= 0.3 is 5.00 Å². The van der Waals surface area contributed by atoms with Crippen LogP contribution in [0.15, 0.2) is 53.0 Å². The van der Waals surface area contributed by atoms with Crippen molar-refractivity contribution in [2.24, 2.45) is 5.73 Å². The van der Waals surface area contributed by atoms with E-state index in [9.17, 15) is 20.2 Å². The number of nitriles is 1. The summed E-state index contributed by atoms with van der Waals surface area (Å²) >= 11 is 0.984. The molecule has 2 N–H and O–H groups in total. The van der Waals surface area contributed by atoms with Crippen molar-refractivity contribution in [1.29, 1.82) is 5.26 Å². The zero-order valence-corrected chi connectivity index (χ0v) is 17.5. The van der Waals surface area contributed by atoms with E-state index in [4.69, 9.17) is 5.73 Å². The van der Waals surface area contributed by atoms with Gasteiger partial charge in [-0.15, -0.1) is 0 Å². The highest BCUT2D eigenvalue weighted by Crippen LogP contribution is 2.48. The maximum atomic E-state index is 13.0. The molecular weight excluding hydrogens is 400 g/mol. The monoisotopic (exact) mass is 420 g/mol. The van der Waals surface area contributed by atoms with Gasteiger partial charge in [0.2, 0.25) is 0 Å². The van der Waals surface area contributed by atoms with E-state index in [1.807, 2.05) is 36.9 Å². The second-order valence-electron chi connectivity index (χ2n) is 7.60. The van der Waals surface area contributed by atoms with Gasteiger partial charge in [-0.3, -0.25) is 19.8 Å². The number of nitrogens with zero attached hydrogens (tertiary/aromatic N) is 3. The number of benzene rings is 1. The largest absolute Gasteiger partial charge is 0.384 e. The fraction of sp³-hybridized carbons (Fsp3) is 0.273. The predicted octanol–water partition coefficient (Wildman–Crippen LogP) is 4.58. The van der Waals surface area contributed by atoms with Crippen LogP contribution in [0.1, 0.15) is 41.2 Å². The van der Waals surface area contributed by atoms with Crippen molar-refractivity contribution in [1.82, 2.24) is 0 Å². The Morgan fingerprint density at radius 1 is 1.23 bits per heavy atom. The average Bonchev–Trinajstić information content (AvgIpc) is 3.16. The van der Waals surface area contributed by atoms with E-state index in [1.54, 1.807) is 6.07 Å². The molecule has 7 nitrogen and oxygen atoms in total. The standard InChI is InChI=1S/C22H20N4O3S/c1-12-8-13(2)10-14(9-12)25-16-4-3-5-17(27)21(16)20(15(11-23)22(25)24)18-6-7-19(30-18)26(28)29/h6-10,20H,3-5,24H2,1-2H3/t20-/m0/s1. The molecule has 0 radical (unpaired) electrons. The molecule has 1 aliphatic carbocycles. The SMILES string of the molecule is Cc1cc(C)cc(N2C(N)=C(C#N)[C@@H](c3ccc([N+](=O)[O-])s3)C3=C2CCCC3=O)c1. The van der Waals surface area contributed by atoms with Crippen molar-refractivity contribution >= 4 is 27.8 Å². The smallest absolute Gasteiger partial charge is 0.324 e. The van der Waals surface area contributed by atoms with Crippen LogP contribution in [0.3, 0.4) is 0 Å². The van der Waals surface area contributed by atoms with Crippen LogP contribution in [0.5, 0.6) is 0 Å². The fourth-order valence-corrected chi connectivity index (χ4v) is 5.28. The lowest BCUT2D eigenvalue weighted by Crippen LogP contribution is -2.38. The van der Waals surface area contributed by atoms with Gasteiger partial charge in [0.15, 0.2) is 5.78 Å². The topological polar surface area (TPSA) is 113 Å². The van der Waals surface area contributed by atoms with Gasteiger partial charge in [0.1, 0.15) is 5.82 Å². The molecular formula is C22H20N4O3S. The van der Waals surface area contributed by atoms with Crippen molar-refractivity contribution in [3.05, 3.63) is 79.1 Å². The number of aryl methyl sites for hydroxylation is 2. The molecule has 30 heavy (non-hydrogen) atoms. The number of nitro groups is 1. The number of hydrogen-bond acceptors (Lipinski definition) is 7. The van der Waals surface area contributed by atoms with Crippen molar-refractivity contribution in [3.8, 4) is 6.07 Å². The van der Waals surface area contributed by atoms with E-state index in [1.165, 1.54) is 6.07 Å². The van der Waals surface area contributed by atoms with Crippen molar-refractivity contribution < 1.29 is 9.72 Å². The Hall–Kier alpha value is -3.44. The highest BCUT2D eigenvalue weighted by atomic mass is 32.1. The number of nitrogens with two attached hydrogens (primary N) is 1. The van der Waals surface area contributed by atoms with E-state index < -0.39 is 10.8 Å². The van der Waals surface area contributed by atoms with Gasteiger partial charge < -0.3 is 5.73 Å². The Bertz CT molecular complexity index is 1160. The zero-order valence-electron chi connectivity index (χ0n) is 16.6. The molecule has 2 aromatic rings. The molecule has 0 amide bonds. The third kappa shape index (κ3) is 3.17. The molecule has 8 heteroatoms. The molecule has 4 rings (SSSR count). The molecule has 0 saturated heterocycles. The molecule has 0 spiro atoms. The van der Waals surface area contributed by atoms with Gasteiger partial charge in [-0.2, -0.15) is 5.26 Å². The number of thiophene rings is 1. The highest BCUT2D eigenvalue weighted by molar-refractivity contribution is 7.15. The molecule has 152 valence electrons. The van der Waals surface area contributed by atoms with Gasteiger partial charge in [0.25, 0.3) is 0 Å². The van der Waals surface area contributed by atoms with Gasteiger partial charge in [0.05, 0.1) is 22.5 Å². The summed E-state index contributed by atoms with van der Waals surface area (Å²) in [4.78, 5) is 26.2. The van der Waals surface area contributed by atoms with Crippen LogP contribution in [0.25, 0.3) is 0 Å². The maximum Gasteiger partial charge on any atom is 0.324 e. The van der Waals surface area contributed by atoms with Gasteiger partial charge in [-0.1, -0.05) is 17.4 Å². The molecule has 1 aromatic heterocycles. The van der Waals surface area contributed by atoms with Crippen LogP contribution in [0, 0.1) is 35.3 Å². The van der Waals surface area contributed by atoms with Gasteiger partial charge in [-0.25, -0.2) is 0 Å². The van der Waals surface area contributed by atoms with Crippen molar-refractivity contribution in [2.45, 2.75) is 39.0 Å². The molecule has 0 bridgehead atoms. The molecule has 2 heterocycles. The zero-order chi connectivity index (χ0) is 21.6. The Morgan fingerprint density at radius 3 is 2.53 bits per heavy atom. The minimum absolute atomic E-state index is 0.0250. The van der Waals surface area contributed by atoms with Crippen LogP contribution < -0.4 is 10.6 Å². The van der Waals surface area contributed by atoms with Gasteiger partial charge in [0, 0.05) is 34.3 Å². The van der Waals surface area contributed by atoms with Crippen molar-refractivity contribution in [3.63, 3.8) is 0 Å². The normalized spacial score (nSPS) is 19.0. The van der Waals surface area contributed by atoms with Crippen LogP contribution in [-0.4, -0.2) is 10.7 Å². The first-order valence-electron chi connectivity index (χ1n) is 9.60.